The number of hydrogen-bond donors (Lipinski definition) is 0. The summed E-state index contributed by atoms with van der Waals surface area (Å²) >= 11 is 0.619. The van der Waals surface area contributed by atoms with Crippen LogP contribution in [0.3, 0.4) is 0 Å². The third kappa shape index (κ3) is 11.6. The zero-order chi connectivity index (χ0) is 6.95. The van der Waals surface area contributed by atoms with Gasteiger partial charge in [-0.2, -0.15) is 0 Å². The van der Waals surface area contributed by atoms with E-state index in [2.05, 4.69) is 6.92 Å². The Labute approximate surface area is 81.5 Å². The van der Waals surface area contributed by atoms with Crippen LogP contribution in [0.2, 0.25) is 5.32 Å². The van der Waals surface area contributed by atoms with Gasteiger partial charge in [-0.15, -0.1) is 0 Å². The molecule has 64 valence electrons. The summed E-state index contributed by atoms with van der Waals surface area (Å²) in [6.07, 6.45) is 5.49. The average molecular weight is 254 g/mol. The van der Waals surface area contributed by atoms with E-state index in [1.54, 1.807) is 0 Å². The molecule has 0 amide bonds. The number of hydrogen-bond acceptors (Lipinski definition) is 0. The largest absolute Gasteiger partial charge is 1.00 e. The van der Waals surface area contributed by atoms with Crippen molar-refractivity contribution in [1.29, 1.82) is 0 Å². The molecule has 0 fully saturated rings. The van der Waals surface area contributed by atoms with Crippen LogP contribution in [0.1, 0.15) is 32.6 Å². The molecule has 0 spiro atoms. The molecule has 0 nitrogen and oxygen atoms in total. The molecule has 0 atom stereocenters. The van der Waals surface area contributed by atoms with Crippen LogP contribution in [0.25, 0.3) is 0 Å². The molecule has 0 aliphatic heterocycles. The van der Waals surface area contributed by atoms with Crippen LogP contribution in [0, 0.1) is 6.58 Å². The summed E-state index contributed by atoms with van der Waals surface area (Å²) in [7, 11) is 0. The first kappa shape index (κ1) is 13.4. The van der Waals surface area contributed by atoms with Gasteiger partial charge in [0.1, 0.15) is 0 Å². The normalized spacial score (nSPS) is 8.50. The van der Waals surface area contributed by atoms with Gasteiger partial charge >= 0.3 is 81.5 Å². The number of unbranched alkanes of at least 4 members (excludes halogenated alkanes) is 3. The minimum Gasteiger partial charge on any atom is 1.00 e. The van der Waals surface area contributed by atoms with Crippen LogP contribution in [-0.2, 0) is 17.1 Å². The van der Waals surface area contributed by atoms with Gasteiger partial charge in [-0.05, 0) is 0 Å². The smallest absolute Gasteiger partial charge is 1.00 e. The van der Waals surface area contributed by atoms with Crippen LogP contribution in [0.5, 0.6) is 0 Å². The molecule has 0 saturated carbocycles. The van der Waals surface area contributed by atoms with Crippen molar-refractivity contribution in [1.82, 2.24) is 0 Å². The minimum absolute atomic E-state index is 0. The van der Waals surface area contributed by atoms with Crippen LogP contribution in [0.4, 0.5) is 0 Å². The van der Waals surface area contributed by atoms with Gasteiger partial charge in [-0.1, -0.05) is 0 Å². The molecule has 0 aromatic rings. The van der Waals surface area contributed by atoms with Crippen molar-refractivity contribution >= 4 is 15.0 Å². The summed E-state index contributed by atoms with van der Waals surface area (Å²) in [6, 6.07) is 0. The molecule has 0 saturated heterocycles. The Balaban J connectivity index is 0. The van der Waals surface area contributed by atoms with Gasteiger partial charge in [0.2, 0.25) is 0 Å². The SMILES string of the molecule is [CH-]=C[Se]CCCCCC.[Cu+]. The second-order valence-corrected chi connectivity index (χ2v) is 4.19. The molecular formula is C8H15CuSe. The van der Waals surface area contributed by atoms with E-state index in [1.165, 1.54) is 31.0 Å². The molecule has 0 radical (unpaired) electrons. The van der Waals surface area contributed by atoms with Crippen LogP contribution in [0.15, 0.2) is 4.97 Å². The van der Waals surface area contributed by atoms with Gasteiger partial charge in [0, 0.05) is 0 Å². The predicted molar refractivity (Wildman–Crippen MR) is 43.6 cm³/mol. The molecule has 0 aromatic carbocycles. The maximum absolute atomic E-state index is 5.25. The first-order valence-electron chi connectivity index (χ1n) is 3.56. The van der Waals surface area contributed by atoms with Gasteiger partial charge < -0.3 is 0 Å². The Morgan fingerprint density at radius 1 is 1.30 bits per heavy atom. The molecule has 0 rings (SSSR count). The Morgan fingerprint density at radius 3 is 2.50 bits per heavy atom. The Kier molecular flexibility index (Phi) is 16.7. The molecule has 0 unspecified atom stereocenters. The molecule has 0 heterocycles. The fourth-order valence-electron chi connectivity index (χ4n) is 0.680. The van der Waals surface area contributed by atoms with E-state index in [0.29, 0.717) is 15.0 Å². The van der Waals surface area contributed by atoms with Gasteiger partial charge in [-0.3, -0.25) is 0 Å². The maximum atomic E-state index is 5.25. The summed E-state index contributed by atoms with van der Waals surface area (Å²) in [4.78, 5) is 1.82. The summed E-state index contributed by atoms with van der Waals surface area (Å²) in [5.41, 5.74) is 0. The Bertz CT molecular complexity index is 64.3. The molecule has 0 N–H and O–H groups in total. The van der Waals surface area contributed by atoms with E-state index >= 15 is 0 Å². The van der Waals surface area contributed by atoms with E-state index in [0.717, 1.165) is 0 Å². The van der Waals surface area contributed by atoms with Crippen molar-refractivity contribution < 1.29 is 17.1 Å². The van der Waals surface area contributed by atoms with E-state index in [4.69, 9.17) is 6.58 Å². The topological polar surface area (TPSA) is 0 Å². The van der Waals surface area contributed by atoms with Crippen molar-refractivity contribution in [3.63, 3.8) is 0 Å². The Morgan fingerprint density at radius 2 is 2.00 bits per heavy atom. The van der Waals surface area contributed by atoms with E-state index in [9.17, 15) is 0 Å². The average Bonchev–Trinajstić information content (AvgIpc) is 1.89. The van der Waals surface area contributed by atoms with Crippen molar-refractivity contribution in [2.75, 3.05) is 0 Å². The minimum atomic E-state index is 0. The molecule has 2 heteroatoms. The summed E-state index contributed by atoms with van der Waals surface area (Å²) in [5, 5.41) is 1.34. The van der Waals surface area contributed by atoms with Gasteiger partial charge in [-0.25, -0.2) is 0 Å². The zero-order valence-corrected chi connectivity index (χ0v) is 9.05. The second kappa shape index (κ2) is 12.5. The standard InChI is InChI=1S/C8H15Se.Cu/c1-3-5-6-7-8-9-4-2;/h2,4H,3,5-8H2,1H3;/q-1;+1. The van der Waals surface area contributed by atoms with Crippen molar-refractivity contribution in [3.8, 4) is 0 Å². The van der Waals surface area contributed by atoms with Gasteiger partial charge in [0.25, 0.3) is 0 Å². The van der Waals surface area contributed by atoms with Gasteiger partial charge in [0.05, 0.1) is 0 Å². The van der Waals surface area contributed by atoms with Crippen molar-refractivity contribution in [2.24, 2.45) is 0 Å². The third-order valence-corrected chi connectivity index (χ3v) is 2.72. The molecular weight excluding hydrogens is 239 g/mol. The van der Waals surface area contributed by atoms with E-state index in [1.807, 2.05) is 4.97 Å². The van der Waals surface area contributed by atoms with Crippen LogP contribution < -0.4 is 0 Å². The summed E-state index contributed by atoms with van der Waals surface area (Å²) < 4.78 is 0. The molecule has 0 aromatic heterocycles. The Hall–Kier alpha value is 0.779. The van der Waals surface area contributed by atoms with E-state index in [-0.39, 0.29) is 17.1 Å². The fourth-order valence-corrected chi connectivity index (χ4v) is 1.74. The zero-order valence-electron chi connectivity index (χ0n) is 6.40. The predicted octanol–water partition coefficient (Wildman–Crippen LogP) is 2.63. The second-order valence-electron chi connectivity index (χ2n) is 2.07. The summed E-state index contributed by atoms with van der Waals surface area (Å²) in [5.74, 6) is 0. The number of rotatable bonds is 6. The van der Waals surface area contributed by atoms with Crippen molar-refractivity contribution in [2.45, 2.75) is 37.9 Å². The van der Waals surface area contributed by atoms with Gasteiger partial charge in [0.15, 0.2) is 0 Å². The van der Waals surface area contributed by atoms with E-state index < -0.39 is 0 Å². The first-order valence-corrected chi connectivity index (χ1v) is 5.77. The van der Waals surface area contributed by atoms with Crippen molar-refractivity contribution in [3.05, 3.63) is 11.6 Å². The summed E-state index contributed by atoms with van der Waals surface area (Å²) in [6.45, 7) is 7.48. The first-order chi connectivity index (χ1) is 4.41. The molecule has 0 bridgehead atoms. The molecule has 0 aliphatic rings. The third-order valence-electron chi connectivity index (χ3n) is 1.21. The van der Waals surface area contributed by atoms with Crippen LogP contribution in [-0.4, -0.2) is 15.0 Å². The van der Waals surface area contributed by atoms with Crippen LogP contribution >= 0.6 is 0 Å². The molecule has 10 heavy (non-hydrogen) atoms. The quantitative estimate of drug-likeness (QED) is 0.388. The molecule has 0 aliphatic carbocycles. The maximum Gasteiger partial charge on any atom is 1.00 e. The monoisotopic (exact) mass is 254 g/mol. The fraction of sp³-hybridized carbons (Fsp3) is 0.750.